The third-order valence-electron chi connectivity index (χ3n) is 7.33. The zero-order chi connectivity index (χ0) is 32.5. The molecule has 13 nitrogen and oxygen atoms in total. The highest BCUT2D eigenvalue weighted by molar-refractivity contribution is 6.06. The van der Waals surface area contributed by atoms with Crippen LogP contribution in [0, 0.1) is 6.92 Å². The molecule has 44 heavy (non-hydrogen) atoms. The average Bonchev–Trinajstić information content (AvgIpc) is 2.94. The number of carbonyl (C=O) groups excluding carboxylic acids is 2. The summed E-state index contributed by atoms with van der Waals surface area (Å²) in [4.78, 5) is 37.5. The molecule has 2 aromatic carbocycles. The Hall–Kier alpha value is -4.59. The molecular formula is C31H36N2O11. The number of aromatic hydroxyl groups is 2. The third kappa shape index (κ3) is 6.49. The molecule has 2 unspecified atom stereocenters. The van der Waals surface area contributed by atoms with Crippen LogP contribution in [0.1, 0.15) is 49.2 Å². The van der Waals surface area contributed by atoms with Gasteiger partial charge in [0.15, 0.2) is 23.6 Å². The number of phenols is 1. The molecule has 4 rings (SSSR count). The molecule has 2 heterocycles. The zero-order valence-corrected chi connectivity index (χ0v) is 25.2. The van der Waals surface area contributed by atoms with Gasteiger partial charge < -0.3 is 49.7 Å². The van der Waals surface area contributed by atoms with Crippen molar-refractivity contribution in [1.29, 1.82) is 0 Å². The van der Waals surface area contributed by atoms with Crippen molar-refractivity contribution in [2.24, 2.45) is 5.73 Å². The Morgan fingerprint density at radius 1 is 1.16 bits per heavy atom. The predicted molar refractivity (Wildman–Crippen MR) is 159 cm³/mol. The van der Waals surface area contributed by atoms with Crippen molar-refractivity contribution in [3.05, 3.63) is 69.1 Å². The fraction of sp³-hybridized carbons (Fsp3) is 0.387. The van der Waals surface area contributed by atoms with E-state index in [0.29, 0.717) is 12.0 Å². The summed E-state index contributed by atoms with van der Waals surface area (Å²) in [5, 5.41) is 34.6. The summed E-state index contributed by atoms with van der Waals surface area (Å²) in [7, 11) is 1.37. The summed E-state index contributed by atoms with van der Waals surface area (Å²) in [6, 6.07) is 7.12. The number of aliphatic hydroxyl groups is 1. The number of amides is 2. The molecule has 0 bridgehead atoms. The number of hydrogen-bond acceptors (Lipinski definition) is 11. The van der Waals surface area contributed by atoms with Gasteiger partial charge in [0.25, 0.3) is 5.91 Å². The first-order valence-corrected chi connectivity index (χ1v) is 13.7. The number of phenolic OH excluding ortho intramolecular Hbond substituents is 1. The van der Waals surface area contributed by atoms with Crippen LogP contribution >= 0.6 is 0 Å². The van der Waals surface area contributed by atoms with Crippen LogP contribution in [0.4, 0.5) is 10.5 Å². The van der Waals surface area contributed by atoms with E-state index in [-0.39, 0.29) is 33.6 Å². The van der Waals surface area contributed by atoms with Crippen molar-refractivity contribution in [2.45, 2.75) is 71.2 Å². The van der Waals surface area contributed by atoms with E-state index in [2.05, 4.69) is 5.32 Å². The van der Waals surface area contributed by atoms with Crippen LogP contribution in [0.2, 0.25) is 0 Å². The average molecular weight is 613 g/mol. The largest absolute Gasteiger partial charge is 0.508 e. The summed E-state index contributed by atoms with van der Waals surface area (Å²) in [5.41, 5.74) is 4.54. The van der Waals surface area contributed by atoms with E-state index in [1.54, 1.807) is 20.8 Å². The number of aliphatic hydroxyl groups excluding tert-OH is 1. The topological polar surface area (TPSA) is 200 Å². The molecule has 0 aliphatic carbocycles. The second-order valence-corrected chi connectivity index (χ2v) is 11.2. The second kappa shape index (κ2) is 12.6. The quantitative estimate of drug-likeness (QED) is 0.184. The number of hydrogen-bond donors (Lipinski definition) is 5. The molecule has 0 saturated carbocycles. The van der Waals surface area contributed by atoms with E-state index in [1.165, 1.54) is 37.4 Å². The highest BCUT2D eigenvalue weighted by Gasteiger charge is 2.53. The number of nitrogens with one attached hydrogen (secondary N) is 1. The van der Waals surface area contributed by atoms with Gasteiger partial charge in [-0.3, -0.25) is 4.79 Å². The van der Waals surface area contributed by atoms with Crippen LogP contribution < -0.4 is 21.4 Å². The Bertz CT molecular complexity index is 1670. The van der Waals surface area contributed by atoms with Crippen molar-refractivity contribution in [3.8, 4) is 17.2 Å². The maximum atomic E-state index is 13.0. The van der Waals surface area contributed by atoms with E-state index >= 15 is 0 Å². The minimum absolute atomic E-state index is 0.0183. The molecule has 3 aromatic rings. The van der Waals surface area contributed by atoms with Crippen molar-refractivity contribution in [3.63, 3.8) is 0 Å². The molecule has 1 aliphatic rings. The summed E-state index contributed by atoms with van der Waals surface area (Å²) in [6.07, 6.45) is -3.81. The van der Waals surface area contributed by atoms with Crippen LogP contribution in [0.15, 0.2) is 51.2 Å². The Kier molecular flexibility index (Phi) is 9.23. The normalized spacial score (nSPS) is 21.0. The molecule has 0 radical (unpaired) electrons. The van der Waals surface area contributed by atoms with Gasteiger partial charge in [0.2, 0.25) is 6.29 Å². The van der Waals surface area contributed by atoms with Gasteiger partial charge in [0.05, 0.1) is 11.0 Å². The first-order chi connectivity index (χ1) is 20.6. The number of allylic oxidation sites excluding steroid dienone is 2. The van der Waals surface area contributed by atoms with Crippen LogP contribution in [-0.4, -0.2) is 64.6 Å². The van der Waals surface area contributed by atoms with Gasteiger partial charge in [-0.1, -0.05) is 11.6 Å². The van der Waals surface area contributed by atoms with Crippen LogP contribution in [0.5, 0.6) is 17.2 Å². The van der Waals surface area contributed by atoms with E-state index in [1.807, 2.05) is 19.9 Å². The maximum absolute atomic E-state index is 13.0. The number of methoxy groups -OCH3 is 1. The molecule has 1 saturated heterocycles. The Labute approximate surface area is 252 Å². The van der Waals surface area contributed by atoms with E-state index in [0.717, 1.165) is 5.57 Å². The molecule has 4 atom stereocenters. The van der Waals surface area contributed by atoms with Crippen LogP contribution in [0.3, 0.4) is 0 Å². The van der Waals surface area contributed by atoms with Gasteiger partial charge in [0.1, 0.15) is 23.2 Å². The molecule has 6 N–H and O–H groups in total. The molecule has 1 aliphatic heterocycles. The maximum Gasteiger partial charge on any atom is 0.404 e. The first-order valence-electron chi connectivity index (χ1n) is 13.7. The highest BCUT2D eigenvalue weighted by Crippen LogP contribution is 2.38. The van der Waals surface area contributed by atoms with Crippen LogP contribution in [0.25, 0.3) is 11.0 Å². The number of anilines is 1. The SMILES string of the molecule is CO[C@@H]1C(OC(N)=O)[C@H](O)C(Oc2ccc3c(O)c(NC(=O)c4ccc(O)c(CC=C(C)C)c4)c(=O)oc3c2C)OC1(C)C. The van der Waals surface area contributed by atoms with Crippen molar-refractivity contribution in [1.82, 2.24) is 0 Å². The molecule has 2 amide bonds. The lowest BCUT2D eigenvalue weighted by atomic mass is 9.89. The molecule has 236 valence electrons. The van der Waals surface area contributed by atoms with Crippen molar-refractivity contribution in [2.75, 3.05) is 12.4 Å². The first kappa shape index (κ1) is 32.3. The number of fused-ring (bicyclic) bond motifs is 1. The molecule has 13 heteroatoms. The van der Waals surface area contributed by atoms with E-state index in [9.17, 15) is 29.7 Å². The fourth-order valence-corrected chi connectivity index (χ4v) is 5.06. The number of nitrogens with two attached hydrogens (primary N) is 1. The zero-order valence-electron chi connectivity index (χ0n) is 25.2. The lowest BCUT2D eigenvalue weighted by Gasteiger charge is -2.47. The fourth-order valence-electron chi connectivity index (χ4n) is 5.06. The monoisotopic (exact) mass is 612 g/mol. The number of primary amides is 1. The number of aryl methyl sites for hydroxylation is 1. The van der Waals surface area contributed by atoms with E-state index < -0.39 is 59.3 Å². The minimum atomic E-state index is -1.52. The highest BCUT2D eigenvalue weighted by atomic mass is 16.7. The van der Waals surface area contributed by atoms with Crippen molar-refractivity contribution < 1.29 is 48.3 Å². The lowest BCUT2D eigenvalue weighted by Crippen LogP contribution is -2.65. The van der Waals surface area contributed by atoms with Gasteiger partial charge in [0, 0.05) is 18.2 Å². The van der Waals surface area contributed by atoms with Gasteiger partial charge >= 0.3 is 11.7 Å². The molecule has 1 fully saturated rings. The van der Waals surface area contributed by atoms with Gasteiger partial charge in [-0.2, -0.15) is 0 Å². The van der Waals surface area contributed by atoms with Gasteiger partial charge in [-0.25, -0.2) is 9.59 Å². The number of benzene rings is 2. The summed E-state index contributed by atoms with van der Waals surface area (Å²) >= 11 is 0. The number of carbonyl (C=O) groups is 2. The predicted octanol–water partition coefficient (Wildman–Crippen LogP) is 3.63. The lowest BCUT2D eigenvalue weighted by molar-refractivity contribution is -0.304. The van der Waals surface area contributed by atoms with E-state index in [4.69, 9.17) is 29.1 Å². The summed E-state index contributed by atoms with van der Waals surface area (Å²) in [6.45, 7) is 8.69. The van der Waals surface area contributed by atoms with Gasteiger partial charge in [-0.05, 0) is 76.9 Å². The third-order valence-corrected chi connectivity index (χ3v) is 7.33. The molecule has 0 spiro atoms. The molecule has 1 aromatic heterocycles. The smallest absolute Gasteiger partial charge is 0.404 e. The minimum Gasteiger partial charge on any atom is -0.508 e. The Morgan fingerprint density at radius 3 is 2.50 bits per heavy atom. The van der Waals surface area contributed by atoms with Crippen molar-refractivity contribution >= 4 is 28.7 Å². The molecular weight excluding hydrogens is 576 g/mol. The van der Waals surface area contributed by atoms with Gasteiger partial charge in [-0.15, -0.1) is 0 Å². The van der Waals surface area contributed by atoms with Crippen LogP contribution in [-0.2, 0) is 20.6 Å². The summed E-state index contributed by atoms with van der Waals surface area (Å²) < 4.78 is 27.9. The second-order valence-electron chi connectivity index (χ2n) is 11.2. The summed E-state index contributed by atoms with van der Waals surface area (Å²) in [5.74, 6) is -1.09. The number of ether oxygens (including phenoxy) is 4. The number of rotatable bonds is 8. The Balaban J connectivity index is 1.63. The Morgan fingerprint density at radius 2 is 1.86 bits per heavy atom. The standard InChI is InChI=1S/C31H36N2O11/c1-14(2)7-8-16-13-17(9-11-19(16)34)27(37)33-21-22(35)18-10-12-20(15(3)24(18)42-28(21)38)41-29-23(36)25(43-30(32)39)26(40-6)31(4,5)44-29/h7,9-13,23,25-26,29,34-36H,8H2,1-6H3,(H2,32,39)(H,33,37)/t23-,25?,26+,29?/m0/s1.